The highest BCUT2D eigenvalue weighted by Gasteiger charge is 2.77. The number of fused-ring (bicyclic) bond motifs is 3. The summed E-state index contributed by atoms with van der Waals surface area (Å²) in [6.45, 7) is 0.399. The fourth-order valence-corrected chi connectivity index (χ4v) is 7.39. The lowest BCUT2D eigenvalue weighted by Gasteiger charge is -2.44. The molecule has 5 aliphatic rings. The molecule has 16 atom stereocenters. The lowest BCUT2D eigenvalue weighted by molar-refractivity contribution is -0.346. The molecule has 4 heterocycles. The number of carbonyl (C=O) groups is 2. The van der Waals surface area contributed by atoms with E-state index in [1.807, 2.05) is 0 Å². The highest BCUT2D eigenvalue weighted by molar-refractivity contribution is 5.90. The monoisotopic (exact) mass is 716 g/mol. The Labute approximate surface area is 291 Å². The quantitative estimate of drug-likeness (QED) is 0.128. The molecule has 3 saturated heterocycles. The Morgan fingerprint density at radius 3 is 1.96 bits per heavy atom. The number of carbonyl (C=O) groups excluding carboxylic acids is 2. The van der Waals surface area contributed by atoms with Crippen LogP contribution in [-0.2, 0) is 37.9 Å². The van der Waals surface area contributed by atoms with Gasteiger partial charge < -0.3 is 68.5 Å². The summed E-state index contributed by atoms with van der Waals surface area (Å²) in [4.78, 5) is 26.3. The largest absolute Gasteiger partial charge is 0.472 e. The Hall–Kier alpha value is -3.52. The van der Waals surface area contributed by atoms with Crippen LogP contribution in [0, 0.1) is 11.8 Å². The van der Waals surface area contributed by atoms with Gasteiger partial charge in [-0.2, -0.15) is 0 Å². The maximum atomic E-state index is 13.3. The molecule has 2 aromatic rings. The standard InChI is InChI=1S/C35H40O16/c1-16-26(47-30(42)17-8-4-2-5-9-17)25(41)28(48-31(43)18-10-6-3-7-11-18)34(45-16)49-27-19-12-13-44-32(21(19)35(15-37)29(27)51-35)50-33-24(40)23(39)22(38)20(14-36)46-33/h2-13,16,19-29,32-34,36-41H,14-15H2,1H3/t16-,19-,20-,21-,22+,23-,24-,25+,26-,27+,28-,29+,32+,33+,34+,35+/m0/s1. The summed E-state index contributed by atoms with van der Waals surface area (Å²) in [6.07, 6.45) is -14.4. The molecule has 51 heavy (non-hydrogen) atoms. The predicted molar refractivity (Wildman–Crippen MR) is 167 cm³/mol. The molecular formula is C35H40O16. The number of hydrogen-bond donors (Lipinski definition) is 6. The Morgan fingerprint density at radius 2 is 1.35 bits per heavy atom. The van der Waals surface area contributed by atoms with E-state index in [4.69, 9.17) is 37.9 Å². The van der Waals surface area contributed by atoms with Gasteiger partial charge in [0.15, 0.2) is 24.8 Å². The minimum absolute atomic E-state index is 0.186. The summed E-state index contributed by atoms with van der Waals surface area (Å²) in [6, 6.07) is 16.2. The summed E-state index contributed by atoms with van der Waals surface area (Å²) in [5.41, 5.74) is -0.837. The Kier molecular flexibility index (Phi) is 10.2. The van der Waals surface area contributed by atoms with Crippen molar-refractivity contribution in [2.24, 2.45) is 11.8 Å². The van der Waals surface area contributed by atoms with Gasteiger partial charge in [0.05, 0.1) is 48.7 Å². The molecule has 0 amide bonds. The van der Waals surface area contributed by atoms with E-state index in [1.54, 1.807) is 61.5 Å². The summed E-state index contributed by atoms with van der Waals surface area (Å²) in [5, 5.41) is 62.9. The van der Waals surface area contributed by atoms with Crippen molar-refractivity contribution >= 4 is 11.9 Å². The van der Waals surface area contributed by atoms with E-state index in [9.17, 15) is 40.2 Å². The van der Waals surface area contributed by atoms with E-state index in [-0.39, 0.29) is 11.1 Å². The van der Waals surface area contributed by atoms with Crippen LogP contribution in [0.4, 0.5) is 0 Å². The van der Waals surface area contributed by atoms with E-state index < -0.39 is 122 Å². The van der Waals surface area contributed by atoms with Crippen LogP contribution < -0.4 is 0 Å². The fourth-order valence-electron chi connectivity index (χ4n) is 7.39. The minimum Gasteiger partial charge on any atom is -0.472 e. The zero-order valence-electron chi connectivity index (χ0n) is 27.3. The number of esters is 2. The molecule has 16 nitrogen and oxygen atoms in total. The molecule has 2 aromatic carbocycles. The molecule has 0 bridgehead atoms. The SMILES string of the molecule is C[C@@H]1O[C@H](O[C@@H]2[C@H]3C=CO[C@H](O[C@H]4O[C@@H](CO)[C@@H](O)[C@H](O)[C@@H]4O)[C@H]3[C@@]3(CO)O[C@H]23)[C@@H](OC(=O)c2ccccc2)[C@H](O)[C@H]1OC(=O)c1ccccc1. The second-order valence-corrected chi connectivity index (χ2v) is 13.2. The second kappa shape index (κ2) is 14.5. The van der Waals surface area contributed by atoms with Gasteiger partial charge in [-0.3, -0.25) is 0 Å². The first kappa shape index (κ1) is 35.9. The molecule has 16 heteroatoms. The maximum Gasteiger partial charge on any atom is 0.338 e. The van der Waals surface area contributed by atoms with Gasteiger partial charge in [-0.1, -0.05) is 36.4 Å². The molecular weight excluding hydrogens is 676 g/mol. The number of ether oxygens (including phenoxy) is 8. The van der Waals surface area contributed by atoms with Crippen LogP contribution >= 0.6 is 0 Å². The van der Waals surface area contributed by atoms with Gasteiger partial charge in [-0.05, 0) is 37.3 Å². The molecule has 1 aliphatic carbocycles. The molecule has 0 radical (unpaired) electrons. The molecule has 6 N–H and O–H groups in total. The van der Waals surface area contributed by atoms with Crippen molar-refractivity contribution in [2.45, 2.75) is 92.4 Å². The van der Waals surface area contributed by atoms with Crippen LogP contribution in [0.25, 0.3) is 0 Å². The third-order valence-corrected chi connectivity index (χ3v) is 10.1. The van der Waals surface area contributed by atoms with Gasteiger partial charge in [-0.15, -0.1) is 0 Å². The molecule has 0 unspecified atom stereocenters. The maximum absolute atomic E-state index is 13.3. The number of rotatable bonds is 10. The Bertz CT molecular complexity index is 1560. The molecule has 276 valence electrons. The van der Waals surface area contributed by atoms with Gasteiger partial charge in [0, 0.05) is 5.92 Å². The first-order chi connectivity index (χ1) is 24.6. The Balaban J connectivity index is 1.12. The van der Waals surface area contributed by atoms with Crippen molar-refractivity contribution in [3.05, 3.63) is 84.1 Å². The van der Waals surface area contributed by atoms with E-state index in [0.29, 0.717) is 0 Å². The van der Waals surface area contributed by atoms with Crippen LogP contribution in [0.1, 0.15) is 27.6 Å². The smallest absolute Gasteiger partial charge is 0.338 e. The van der Waals surface area contributed by atoms with Crippen LogP contribution in [0.5, 0.6) is 0 Å². The lowest BCUT2D eigenvalue weighted by Crippen LogP contribution is -2.61. The number of benzene rings is 2. The fraction of sp³-hybridized carbons (Fsp3) is 0.543. The van der Waals surface area contributed by atoms with Crippen molar-refractivity contribution in [3.8, 4) is 0 Å². The van der Waals surface area contributed by atoms with Crippen molar-refractivity contribution < 1.29 is 78.1 Å². The Morgan fingerprint density at radius 1 is 0.725 bits per heavy atom. The predicted octanol–water partition coefficient (Wildman–Crippen LogP) is -1.01. The highest BCUT2D eigenvalue weighted by Crippen LogP contribution is 2.61. The van der Waals surface area contributed by atoms with Crippen molar-refractivity contribution in [2.75, 3.05) is 13.2 Å². The van der Waals surface area contributed by atoms with Crippen LogP contribution in [-0.4, -0.2) is 141 Å². The average Bonchev–Trinajstić information content (AvgIpc) is 3.83. The van der Waals surface area contributed by atoms with Crippen molar-refractivity contribution in [1.29, 1.82) is 0 Å². The van der Waals surface area contributed by atoms with Gasteiger partial charge >= 0.3 is 11.9 Å². The molecule has 1 saturated carbocycles. The zero-order valence-corrected chi connectivity index (χ0v) is 27.3. The summed E-state index contributed by atoms with van der Waals surface area (Å²) in [5.74, 6) is -2.91. The number of hydrogen-bond acceptors (Lipinski definition) is 16. The van der Waals surface area contributed by atoms with Gasteiger partial charge in [0.2, 0.25) is 6.29 Å². The van der Waals surface area contributed by atoms with Crippen LogP contribution in [0.15, 0.2) is 73.0 Å². The van der Waals surface area contributed by atoms with E-state index >= 15 is 0 Å². The first-order valence-corrected chi connectivity index (χ1v) is 16.7. The van der Waals surface area contributed by atoms with E-state index in [0.717, 1.165) is 0 Å². The number of aliphatic hydroxyl groups excluding tert-OH is 6. The number of epoxide rings is 1. The number of aliphatic hydroxyl groups is 6. The summed E-state index contributed by atoms with van der Waals surface area (Å²) >= 11 is 0. The van der Waals surface area contributed by atoms with Crippen LogP contribution in [0.2, 0.25) is 0 Å². The van der Waals surface area contributed by atoms with Crippen molar-refractivity contribution in [1.82, 2.24) is 0 Å². The summed E-state index contributed by atoms with van der Waals surface area (Å²) in [7, 11) is 0. The van der Waals surface area contributed by atoms with Gasteiger partial charge in [0.25, 0.3) is 0 Å². The third kappa shape index (κ3) is 6.55. The van der Waals surface area contributed by atoms with Gasteiger partial charge in [-0.25, -0.2) is 9.59 Å². The normalized spacial score (nSPS) is 42.6. The summed E-state index contributed by atoms with van der Waals surface area (Å²) < 4.78 is 47.3. The third-order valence-electron chi connectivity index (χ3n) is 10.1. The average molecular weight is 717 g/mol. The van der Waals surface area contributed by atoms with E-state index in [1.165, 1.54) is 18.4 Å². The second-order valence-electron chi connectivity index (χ2n) is 13.2. The van der Waals surface area contributed by atoms with E-state index in [2.05, 4.69) is 0 Å². The molecule has 0 aromatic heterocycles. The highest BCUT2D eigenvalue weighted by atomic mass is 16.8. The molecule has 0 spiro atoms. The molecule has 7 rings (SSSR count). The minimum atomic E-state index is -1.71. The van der Waals surface area contributed by atoms with Gasteiger partial charge in [0.1, 0.15) is 42.2 Å². The van der Waals surface area contributed by atoms with Crippen LogP contribution in [0.3, 0.4) is 0 Å². The topological polar surface area (TPSA) is 233 Å². The molecule has 4 fully saturated rings. The lowest BCUT2D eigenvalue weighted by atomic mass is 9.85. The zero-order chi connectivity index (χ0) is 36.0. The molecule has 4 aliphatic heterocycles. The van der Waals surface area contributed by atoms with Crippen molar-refractivity contribution in [3.63, 3.8) is 0 Å². The first-order valence-electron chi connectivity index (χ1n) is 16.7.